The van der Waals surface area contributed by atoms with E-state index in [9.17, 15) is 14.7 Å². The average Bonchev–Trinajstić information content (AvgIpc) is 2.78. The van der Waals surface area contributed by atoms with Gasteiger partial charge in [0.05, 0.1) is 0 Å². The number of carbonyl (C=O) groups is 2. The summed E-state index contributed by atoms with van der Waals surface area (Å²) in [6, 6.07) is 3.12. The molecular weight excluding hydrogens is 314 g/mol. The minimum absolute atomic E-state index is 0.0962. The van der Waals surface area contributed by atoms with Gasteiger partial charge in [0.2, 0.25) is 0 Å². The zero-order valence-corrected chi connectivity index (χ0v) is 12.2. The standard InChI is InChI=1S/C13H16BrNO4/c1-8-4-2-3-7-13(8,12(17)18)15-11(16)9-5-6-10(14)19-9/h5-6,8H,2-4,7H2,1H3,(H,15,16)(H,17,18). The van der Waals surface area contributed by atoms with E-state index in [1.165, 1.54) is 6.07 Å². The molecule has 1 saturated carbocycles. The van der Waals surface area contributed by atoms with Crippen molar-refractivity contribution in [3.8, 4) is 0 Å². The zero-order chi connectivity index (χ0) is 14.0. The van der Waals surface area contributed by atoms with E-state index in [4.69, 9.17) is 4.42 Å². The Balaban J connectivity index is 2.21. The van der Waals surface area contributed by atoms with Gasteiger partial charge in [0.25, 0.3) is 5.91 Å². The second-order valence-corrected chi connectivity index (χ2v) is 5.76. The van der Waals surface area contributed by atoms with E-state index in [0.29, 0.717) is 11.1 Å². The summed E-state index contributed by atoms with van der Waals surface area (Å²) in [5, 5.41) is 12.2. The van der Waals surface area contributed by atoms with Crippen molar-refractivity contribution in [3.63, 3.8) is 0 Å². The maximum absolute atomic E-state index is 12.1. The summed E-state index contributed by atoms with van der Waals surface area (Å²) < 4.78 is 5.60. The van der Waals surface area contributed by atoms with E-state index in [-0.39, 0.29) is 11.7 Å². The van der Waals surface area contributed by atoms with Crippen LogP contribution in [0.2, 0.25) is 0 Å². The van der Waals surface area contributed by atoms with Gasteiger partial charge >= 0.3 is 5.97 Å². The van der Waals surface area contributed by atoms with Crippen molar-refractivity contribution in [2.75, 3.05) is 0 Å². The van der Waals surface area contributed by atoms with Crippen LogP contribution in [0.4, 0.5) is 0 Å². The van der Waals surface area contributed by atoms with Crippen molar-refractivity contribution in [2.24, 2.45) is 5.92 Å². The van der Waals surface area contributed by atoms with E-state index in [1.54, 1.807) is 6.07 Å². The minimum atomic E-state index is -1.19. The number of carboxylic acids is 1. The third-order valence-electron chi connectivity index (χ3n) is 3.81. The topological polar surface area (TPSA) is 79.5 Å². The van der Waals surface area contributed by atoms with Crippen molar-refractivity contribution in [3.05, 3.63) is 22.6 Å². The van der Waals surface area contributed by atoms with Gasteiger partial charge in [-0.2, -0.15) is 0 Å². The van der Waals surface area contributed by atoms with Gasteiger partial charge in [-0.1, -0.05) is 19.8 Å². The van der Waals surface area contributed by atoms with Crippen LogP contribution in [0.5, 0.6) is 0 Å². The third kappa shape index (κ3) is 2.68. The average molecular weight is 330 g/mol. The molecule has 1 heterocycles. The molecule has 1 amide bonds. The first-order valence-corrected chi connectivity index (χ1v) is 7.06. The first-order valence-electron chi connectivity index (χ1n) is 6.27. The quantitative estimate of drug-likeness (QED) is 0.893. The van der Waals surface area contributed by atoms with Crippen LogP contribution in [-0.2, 0) is 4.79 Å². The SMILES string of the molecule is CC1CCCCC1(NC(=O)c1ccc(Br)o1)C(=O)O. The number of rotatable bonds is 3. The van der Waals surface area contributed by atoms with Crippen LogP contribution in [0, 0.1) is 5.92 Å². The fourth-order valence-electron chi connectivity index (χ4n) is 2.60. The van der Waals surface area contributed by atoms with Gasteiger partial charge in [-0.25, -0.2) is 4.79 Å². The van der Waals surface area contributed by atoms with Crippen LogP contribution >= 0.6 is 15.9 Å². The lowest BCUT2D eigenvalue weighted by molar-refractivity contribution is -0.148. The minimum Gasteiger partial charge on any atom is -0.479 e. The van der Waals surface area contributed by atoms with Gasteiger partial charge in [-0.05, 0) is 46.8 Å². The maximum Gasteiger partial charge on any atom is 0.329 e. The van der Waals surface area contributed by atoms with Crippen LogP contribution in [0.3, 0.4) is 0 Å². The Morgan fingerprint density at radius 2 is 2.21 bits per heavy atom. The largest absolute Gasteiger partial charge is 0.479 e. The van der Waals surface area contributed by atoms with Crippen LogP contribution in [-0.4, -0.2) is 22.5 Å². The van der Waals surface area contributed by atoms with E-state index in [1.807, 2.05) is 6.92 Å². The molecule has 2 atom stereocenters. The number of amides is 1. The molecule has 0 saturated heterocycles. The molecule has 0 spiro atoms. The van der Waals surface area contributed by atoms with Crippen LogP contribution < -0.4 is 5.32 Å². The summed E-state index contributed by atoms with van der Waals surface area (Å²) in [5.41, 5.74) is -1.19. The van der Waals surface area contributed by atoms with Crippen molar-refractivity contribution in [1.29, 1.82) is 0 Å². The molecule has 104 valence electrons. The molecule has 2 rings (SSSR count). The third-order valence-corrected chi connectivity index (χ3v) is 4.24. The van der Waals surface area contributed by atoms with Gasteiger partial charge in [-0.3, -0.25) is 4.79 Å². The Labute approximate surface area is 119 Å². The number of hydrogen-bond acceptors (Lipinski definition) is 3. The smallest absolute Gasteiger partial charge is 0.329 e. The summed E-state index contributed by atoms with van der Waals surface area (Å²) in [6.45, 7) is 1.87. The monoisotopic (exact) mass is 329 g/mol. The Bertz CT molecular complexity index is 499. The molecule has 5 nitrogen and oxygen atoms in total. The molecule has 0 aromatic carbocycles. The highest BCUT2D eigenvalue weighted by atomic mass is 79.9. The molecule has 0 radical (unpaired) electrons. The first-order chi connectivity index (χ1) is 8.95. The number of nitrogens with one attached hydrogen (secondary N) is 1. The molecule has 2 unspecified atom stereocenters. The lowest BCUT2D eigenvalue weighted by Gasteiger charge is -2.39. The van der Waals surface area contributed by atoms with Gasteiger partial charge in [0, 0.05) is 0 Å². The summed E-state index contributed by atoms with van der Waals surface area (Å²) in [7, 11) is 0. The Morgan fingerprint density at radius 3 is 2.74 bits per heavy atom. The Hall–Kier alpha value is -1.30. The lowest BCUT2D eigenvalue weighted by atomic mass is 9.73. The zero-order valence-electron chi connectivity index (χ0n) is 10.6. The van der Waals surface area contributed by atoms with Crippen LogP contribution in [0.1, 0.15) is 43.2 Å². The lowest BCUT2D eigenvalue weighted by Crippen LogP contribution is -2.59. The van der Waals surface area contributed by atoms with Gasteiger partial charge in [0.1, 0.15) is 5.54 Å². The molecule has 19 heavy (non-hydrogen) atoms. The highest BCUT2D eigenvalue weighted by molar-refractivity contribution is 9.10. The predicted octanol–water partition coefficient (Wildman–Crippen LogP) is 2.81. The molecule has 1 aromatic heterocycles. The summed E-state index contributed by atoms with van der Waals surface area (Å²) in [5.74, 6) is -1.44. The molecule has 2 N–H and O–H groups in total. The van der Waals surface area contributed by atoms with Crippen LogP contribution in [0.25, 0.3) is 0 Å². The van der Waals surface area contributed by atoms with E-state index < -0.39 is 17.4 Å². The first kappa shape index (κ1) is 14.1. The molecular formula is C13H16BrNO4. The fourth-order valence-corrected chi connectivity index (χ4v) is 2.91. The van der Waals surface area contributed by atoms with Crippen molar-refractivity contribution >= 4 is 27.8 Å². The summed E-state index contributed by atoms with van der Waals surface area (Å²) >= 11 is 3.12. The highest BCUT2D eigenvalue weighted by Crippen LogP contribution is 2.34. The van der Waals surface area contributed by atoms with E-state index in [0.717, 1.165) is 19.3 Å². The van der Waals surface area contributed by atoms with Crippen molar-refractivity contribution in [1.82, 2.24) is 5.32 Å². The molecule has 1 aliphatic carbocycles. The molecule has 6 heteroatoms. The van der Waals surface area contributed by atoms with Gasteiger partial charge in [0.15, 0.2) is 10.4 Å². The number of carboxylic acid groups (broad SMARTS) is 1. The van der Waals surface area contributed by atoms with E-state index in [2.05, 4.69) is 21.2 Å². The second kappa shape index (κ2) is 5.36. The normalized spacial score (nSPS) is 26.9. The predicted molar refractivity (Wildman–Crippen MR) is 71.9 cm³/mol. The Kier molecular flexibility index (Phi) is 3.99. The molecule has 1 fully saturated rings. The van der Waals surface area contributed by atoms with Crippen molar-refractivity contribution < 1.29 is 19.1 Å². The summed E-state index contributed by atoms with van der Waals surface area (Å²) in [4.78, 5) is 23.7. The number of halogens is 1. The molecule has 0 bridgehead atoms. The number of furan rings is 1. The van der Waals surface area contributed by atoms with E-state index >= 15 is 0 Å². The molecule has 1 aromatic rings. The maximum atomic E-state index is 12.1. The number of carbonyl (C=O) groups excluding carboxylic acids is 1. The van der Waals surface area contributed by atoms with Crippen LogP contribution in [0.15, 0.2) is 21.2 Å². The van der Waals surface area contributed by atoms with Crippen molar-refractivity contribution in [2.45, 2.75) is 38.1 Å². The summed E-state index contributed by atoms with van der Waals surface area (Å²) in [6.07, 6.45) is 3.06. The molecule has 1 aliphatic rings. The highest BCUT2D eigenvalue weighted by Gasteiger charge is 2.46. The Morgan fingerprint density at radius 1 is 1.47 bits per heavy atom. The van der Waals surface area contributed by atoms with Gasteiger partial charge in [-0.15, -0.1) is 0 Å². The number of hydrogen-bond donors (Lipinski definition) is 2. The fraction of sp³-hybridized carbons (Fsp3) is 0.538. The number of aliphatic carboxylic acids is 1. The molecule has 0 aliphatic heterocycles. The van der Waals surface area contributed by atoms with Gasteiger partial charge < -0.3 is 14.8 Å². The second-order valence-electron chi connectivity index (χ2n) is 4.98.